The molecule has 31 heavy (non-hydrogen) atoms. The van der Waals surface area contributed by atoms with Gasteiger partial charge in [0.1, 0.15) is 0 Å². The van der Waals surface area contributed by atoms with E-state index < -0.39 is 5.60 Å². The molecule has 0 aromatic rings. The van der Waals surface area contributed by atoms with Gasteiger partial charge in [0.25, 0.3) is 0 Å². The molecule has 4 rings (SSSR count). The summed E-state index contributed by atoms with van der Waals surface area (Å²) in [7, 11) is 0. The van der Waals surface area contributed by atoms with Gasteiger partial charge in [-0.25, -0.2) is 0 Å². The third-order valence-electron chi connectivity index (χ3n) is 10.3. The van der Waals surface area contributed by atoms with Crippen molar-refractivity contribution in [1.29, 1.82) is 0 Å². The van der Waals surface area contributed by atoms with Gasteiger partial charge >= 0.3 is 0 Å². The molecule has 3 saturated carbocycles. The summed E-state index contributed by atoms with van der Waals surface area (Å²) in [5, 5.41) is 20.8. The SMILES string of the molecule is CC.CCCC(C)(O)CCCC1CCC2C3CC=C4CC(O)CCC4(C)C3CCC12C. The number of allylic oxidation sites excluding steroid dienone is 1. The van der Waals surface area contributed by atoms with Crippen LogP contribution in [0.3, 0.4) is 0 Å². The molecule has 0 aliphatic heterocycles. The molecule has 180 valence electrons. The predicted octanol–water partition coefficient (Wildman–Crippen LogP) is 7.67. The van der Waals surface area contributed by atoms with Gasteiger partial charge in [-0.3, -0.25) is 0 Å². The molecule has 0 aromatic carbocycles. The molecule has 8 atom stereocenters. The van der Waals surface area contributed by atoms with Crippen molar-refractivity contribution < 1.29 is 10.2 Å². The Morgan fingerprint density at radius 1 is 1.03 bits per heavy atom. The van der Waals surface area contributed by atoms with E-state index in [-0.39, 0.29) is 6.10 Å². The van der Waals surface area contributed by atoms with Gasteiger partial charge in [-0.05, 0) is 112 Å². The molecular formula is C29H52O2. The number of rotatable bonds is 6. The van der Waals surface area contributed by atoms with Gasteiger partial charge in [-0.15, -0.1) is 0 Å². The van der Waals surface area contributed by atoms with E-state index >= 15 is 0 Å². The molecule has 0 saturated heterocycles. The Hall–Kier alpha value is -0.340. The first kappa shape index (κ1) is 25.3. The number of aliphatic hydroxyl groups is 2. The zero-order valence-electron chi connectivity index (χ0n) is 21.6. The summed E-state index contributed by atoms with van der Waals surface area (Å²) in [5.41, 5.74) is 2.01. The maximum absolute atomic E-state index is 10.6. The van der Waals surface area contributed by atoms with E-state index in [2.05, 4.69) is 26.8 Å². The lowest BCUT2D eigenvalue weighted by atomic mass is 9.47. The quantitative estimate of drug-likeness (QED) is 0.423. The third-order valence-corrected chi connectivity index (χ3v) is 10.3. The molecule has 0 amide bonds. The van der Waals surface area contributed by atoms with Crippen LogP contribution in [0.5, 0.6) is 0 Å². The molecule has 4 aliphatic carbocycles. The van der Waals surface area contributed by atoms with Crippen LogP contribution in [0.1, 0.15) is 125 Å². The Bertz CT molecular complexity index is 622. The van der Waals surface area contributed by atoms with E-state index in [9.17, 15) is 10.2 Å². The van der Waals surface area contributed by atoms with Crippen molar-refractivity contribution in [3.05, 3.63) is 11.6 Å². The smallest absolute Gasteiger partial charge is 0.0619 e. The topological polar surface area (TPSA) is 40.5 Å². The minimum atomic E-state index is -0.462. The zero-order valence-corrected chi connectivity index (χ0v) is 21.6. The Labute approximate surface area is 193 Å². The summed E-state index contributed by atoms with van der Waals surface area (Å²) in [4.78, 5) is 0. The maximum atomic E-state index is 10.6. The van der Waals surface area contributed by atoms with Crippen molar-refractivity contribution in [3.63, 3.8) is 0 Å². The zero-order chi connectivity index (χ0) is 22.9. The second-order valence-electron chi connectivity index (χ2n) is 12.1. The molecule has 0 aromatic heterocycles. The van der Waals surface area contributed by atoms with Gasteiger partial charge in [-0.2, -0.15) is 0 Å². The predicted molar refractivity (Wildman–Crippen MR) is 132 cm³/mol. The standard InChI is InChI=1S/C27H46O2.C2H6/c1-5-14-25(2,29)15-6-7-19-9-11-23-22-10-8-20-18-21(28)12-16-27(20,4)24(22)13-17-26(19,23)3;1-2/h8,19,21-24,28-29H,5-7,9-18H2,1-4H3;1-2H3. The normalized spacial score (nSPS) is 43.5. The van der Waals surface area contributed by atoms with E-state index in [1.165, 1.54) is 51.4 Å². The highest BCUT2D eigenvalue weighted by molar-refractivity contribution is 5.25. The van der Waals surface area contributed by atoms with Crippen molar-refractivity contribution in [2.45, 2.75) is 137 Å². The number of fused-ring (bicyclic) bond motifs is 5. The summed E-state index contributed by atoms with van der Waals surface area (Å²) in [6.45, 7) is 13.4. The minimum Gasteiger partial charge on any atom is -0.393 e. The monoisotopic (exact) mass is 432 g/mol. The molecule has 3 fully saturated rings. The second-order valence-corrected chi connectivity index (χ2v) is 12.1. The molecule has 2 heteroatoms. The molecule has 2 nitrogen and oxygen atoms in total. The molecule has 2 N–H and O–H groups in total. The average molecular weight is 433 g/mol. The summed E-state index contributed by atoms with van der Waals surface area (Å²) >= 11 is 0. The first-order valence-corrected chi connectivity index (χ1v) is 13.8. The van der Waals surface area contributed by atoms with Crippen molar-refractivity contribution in [2.75, 3.05) is 0 Å². The van der Waals surface area contributed by atoms with Crippen LogP contribution in [0.15, 0.2) is 11.6 Å². The van der Waals surface area contributed by atoms with Gasteiger partial charge < -0.3 is 10.2 Å². The van der Waals surface area contributed by atoms with E-state index in [0.717, 1.165) is 55.8 Å². The van der Waals surface area contributed by atoms with Crippen LogP contribution < -0.4 is 0 Å². The lowest BCUT2D eigenvalue weighted by Crippen LogP contribution is -2.50. The summed E-state index contributed by atoms with van der Waals surface area (Å²) in [6.07, 6.45) is 18.0. The van der Waals surface area contributed by atoms with Gasteiger partial charge in [0.2, 0.25) is 0 Å². The van der Waals surface area contributed by atoms with Crippen LogP contribution in [-0.2, 0) is 0 Å². The molecule has 4 aliphatic rings. The fourth-order valence-corrected chi connectivity index (χ4v) is 8.62. The van der Waals surface area contributed by atoms with Crippen LogP contribution in [-0.4, -0.2) is 21.9 Å². The van der Waals surface area contributed by atoms with E-state index in [4.69, 9.17) is 0 Å². The van der Waals surface area contributed by atoms with Crippen molar-refractivity contribution in [2.24, 2.45) is 34.5 Å². The molecule has 0 spiro atoms. The van der Waals surface area contributed by atoms with Gasteiger partial charge in [0.05, 0.1) is 11.7 Å². The molecule has 0 heterocycles. The van der Waals surface area contributed by atoms with Crippen molar-refractivity contribution in [1.82, 2.24) is 0 Å². The van der Waals surface area contributed by atoms with Crippen LogP contribution in [0.25, 0.3) is 0 Å². The minimum absolute atomic E-state index is 0.0967. The van der Waals surface area contributed by atoms with E-state index in [1.807, 2.05) is 20.8 Å². The maximum Gasteiger partial charge on any atom is 0.0619 e. The number of hydrogen-bond donors (Lipinski definition) is 2. The van der Waals surface area contributed by atoms with Crippen LogP contribution in [0.4, 0.5) is 0 Å². The third kappa shape index (κ3) is 4.81. The van der Waals surface area contributed by atoms with Gasteiger partial charge in [-0.1, -0.05) is 59.1 Å². The Balaban J connectivity index is 0.00000132. The van der Waals surface area contributed by atoms with E-state index in [1.54, 1.807) is 5.57 Å². The fraction of sp³-hybridized carbons (Fsp3) is 0.931. The highest BCUT2D eigenvalue weighted by atomic mass is 16.3. The molecular weight excluding hydrogens is 380 g/mol. The summed E-state index contributed by atoms with van der Waals surface area (Å²) < 4.78 is 0. The second kappa shape index (κ2) is 9.88. The lowest BCUT2D eigenvalue weighted by Gasteiger charge is -2.58. The van der Waals surface area contributed by atoms with Crippen LogP contribution in [0.2, 0.25) is 0 Å². The molecule has 0 bridgehead atoms. The van der Waals surface area contributed by atoms with Crippen molar-refractivity contribution in [3.8, 4) is 0 Å². The van der Waals surface area contributed by atoms with Gasteiger partial charge in [0.15, 0.2) is 0 Å². The Morgan fingerprint density at radius 3 is 2.48 bits per heavy atom. The van der Waals surface area contributed by atoms with Crippen LogP contribution in [0, 0.1) is 34.5 Å². The highest BCUT2D eigenvalue weighted by Crippen LogP contribution is 2.66. The first-order valence-electron chi connectivity index (χ1n) is 13.8. The number of hydrogen-bond acceptors (Lipinski definition) is 2. The summed E-state index contributed by atoms with van der Waals surface area (Å²) in [6, 6.07) is 0. The lowest BCUT2D eigenvalue weighted by molar-refractivity contribution is -0.0517. The van der Waals surface area contributed by atoms with Crippen molar-refractivity contribution >= 4 is 0 Å². The van der Waals surface area contributed by atoms with Gasteiger partial charge in [0, 0.05) is 0 Å². The molecule has 8 unspecified atom stereocenters. The fourth-order valence-electron chi connectivity index (χ4n) is 8.62. The first-order chi connectivity index (χ1) is 14.7. The largest absolute Gasteiger partial charge is 0.393 e. The Morgan fingerprint density at radius 2 is 1.77 bits per heavy atom. The highest BCUT2D eigenvalue weighted by Gasteiger charge is 2.58. The molecule has 0 radical (unpaired) electrons. The summed E-state index contributed by atoms with van der Waals surface area (Å²) in [5.74, 6) is 3.46. The number of aliphatic hydroxyl groups excluding tert-OH is 1. The van der Waals surface area contributed by atoms with E-state index in [0.29, 0.717) is 10.8 Å². The average Bonchev–Trinajstić information content (AvgIpc) is 3.06. The van der Waals surface area contributed by atoms with Crippen LogP contribution >= 0.6 is 0 Å². The Kier molecular flexibility index (Phi) is 8.06.